The fraction of sp³-hybridized carbons (Fsp3) is 0.0500. The van der Waals surface area contributed by atoms with Crippen molar-refractivity contribution in [3.8, 4) is 5.75 Å². The van der Waals surface area contributed by atoms with Crippen LogP contribution in [0.1, 0.15) is 11.1 Å². The Bertz CT molecular complexity index is 923. The third-order valence-corrected chi connectivity index (χ3v) is 4.13. The van der Waals surface area contributed by atoms with Crippen LogP contribution >= 0.6 is 15.9 Å². The van der Waals surface area contributed by atoms with E-state index < -0.39 is 4.92 Å². The molecule has 0 N–H and O–H groups in total. The molecule has 0 unspecified atom stereocenters. The lowest BCUT2D eigenvalue weighted by molar-refractivity contribution is -0.384. The van der Waals surface area contributed by atoms with Gasteiger partial charge in [-0.3, -0.25) is 15.1 Å². The zero-order valence-corrected chi connectivity index (χ0v) is 15.3. The molecule has 0 aromatic heterocycles. The standard InChI is InChI=1S/C20H15BrN2O3/c21-17-8-4-16(5-9-17)14-26-20-10-6-15(7-11-20)13-22-18-2-1-3-19(12-18)23(24)25/h1-13H,14H2. The van der Waals surface area contributed by atoms with Gasteiger partial charge in [0.1, 0.15) is 12.4 Å². The van der Waals surface area contributed by atoms with Crippen LogP contribution in [0, 0.1) is 10.1 Å². The largest absolute Gasteiger partial charge is 0.489 e. The number of aliphatic imine (C=N–C) groups is 1. The first-order chi connectivity index (χ1) is 12.6. The summed E-state index contributed by atoms with van der Waals surface area (Å²) in [7, 11) is 0. The molecule has 3 aromatic carbocycles. The molecule has 26 heavy (non-hydrogen) atoms. The fourth-order valence-electron chi connectivity index (χ4n) is 2.23. The highest BCUT2D eigenvalue weighted by Gasteiger charge is 2.04. The van der Waals surface area contributed by atoms with Crippen LogP contribution in [0.2, 0.25) is 0 Å². The first-order valence-corrected chi connectivity index (χ1v) is 8.65. The van der Waals surface area contributed by atoms with Gasteiger partial charge in [0.25, 0.3) is 5.69 Å². The van der Waals surface area contributed by atoms with Gasteiger partial charge in [-0.1, -0.05) is 34.1 Å². The monoisotopic (exact) mass is 410 g/mol. The first-order valence-electron chi connectivity index (χ1n) is 7.86. The molecule has 0 amide bonds. The van der Waals surface area contributed by atoms with Crippen molar-refractivity contribution in [1.29, 1.82) is 0 Å². The summed E-state index contributed by atoms with van der Waals surface area (Å²) in [6.07, 6.45) is 1.66. The van der Waals surface area contributed by atoms with Crippen LogP contribution in [0.3, 0.4) is 0 Å². The lowest BCUT2D eigenvalue weighted by Crippen LogP contribution is -1.95. The van der Waals surface area contributed by atoms with Crippen LogP contribution in [0.25, 0.3) is 0 Å². The van der Waals surface area contributed by atoms with E-state index in [1.165, 1.54) is 12.1 Å². The zero-order valence-electron chi connectivity index (χ0n) is 13.7. The second-order valence-corrected chi connectivity index (χ2v) is 6.44. The van der Waals surface area contributed by atoms with E-state index in [2.05, 4.69) is 20.9 Å². The molecule has 0 fully saturated rings. The summed E-state index contributed by atoms with van der Waals surface area (Å²) in [6.45, 7) is 0.494. The Labute approximate surface area is 159 Å². The number of hydrogen-bond donors (Lipinski definition) is 0. The second kappa shape index (κ2) is 8.40. The Kier molecular flexibility index (Phi) is 5.76. The Balaban J connectivity index is 1.61. The minimum atomic E-state index is -0.434. The van der Waals surface area contributed by atoms with Gasteiger partial charge in [0.05, 0.1) is 10.6 Å². The Hall–Kier alpha value is -2.99. The summed E-state index contributed by atoms with van der Waals surface area (Å²) >= 11 is 3.41. The van der Waals surface area contributed by atoms with Gasteiger partial charge in [-0.25, -0.2) is 0 Å². The van der Waals surface area contributed by atoms with Gasteiger partial charge in [-0.05, 0) is 53.6 Å². The number of rotatable bonds is 6. The van der Waals surface area contributed by atoms with E-state index in [0.717, 1.165) is 21.3 Å². The van der Waals surface area contributed by atoms with Crippen molar-refractivity contribution in [1.82, 2.24) is 0 Å². The van der Waals surface area contributed by atoms with E-state index in [1.807, 2.05) is 48.5 Å². The Morgan fingerprint density at radius 2 is 1.77 bits per heavy atom. The molecule has 0 radical (unpaired) electrons. The number of benzene rings is 3. The van der Waals surface area contributed by atoms with Crippen molar-refractivity contribution in [3.63, 3.8) is 0 Å². The van der Waals surface area contributed by atoms with E-state index in [9.17, 15) is 10.1 Å². The molecular weight excluding hydrogens is 396 g/mol. The van der Waals surface area contributed by atoms with Crippen molar-refractivity contribution in [3.05, 3.63) is 98.5 Å². The second-order valence-electron chi connectivity index (χ2n) is 5.52. The van der Waals surface area contributed by atoms with Crippen LogP contribution in [0.5, 0.6) is 5.75 Å². The topological polar surface area (TPSA) is 64.7 Å². The van der Waals surface area contributed by atoms with Crippen LogP contribution in [0.15, 0.2) is 82.3 Å². The molecule has 0 heterocycles. The van der Waals surface area contributed by atoms with E-state index in [4.69, 9.17) is 4.74 Å². The zero-order chi connectivity index (χ0) is 18.4. The smallest absolute Gasteiger partial charge is 0.271 e. The highest BCUT2D eigenvalue weighted by Crippen LogP contribution is 2.20. The number of nitro groups is 1. The number of hydrogen-bond acceptors (Lipinski definition) is 4. The quantitative estimate of drug-likeness (QED) is 0.298. The SMILES string of the molecule is O=[N+]([O-])c1cccc(N=Cc2ccc(OCc3ccc(Br)cc3)cc2)c1. The van der Waals surface area contributed by atoms with Gasteiger partial charge in [0, 0.05) is 22.8 Å². The van der Waals surface area contributed by atoms with Gasteiger partial charge in [-0.2, -0.15) is 0 Å². The van der Waals surface area contributed by atoms with Crippen molar-refractivity contribution < 1.29 is 9.66 Å². The van der Waals surface area contributed by atoms with Gasteiger partial charge >= 0.3 is 0 Å². The van der Waals surface area contributed by atoms with Crippen LogP contribution in [0.4, 0.5) is 11.4 Å². The Morgan fingerprint density at radius 1 is 1.04 bits per heavy atom. The summed E-state index contributed by atoms with van der Waals surface area (Å²) < 4.78 is 6.79. The molecular formula is C20H15BrN2O3. The number of halogens is 1. The van der Waals surface area contributed by atoms with Gasteiger partial charge in [-0.15, -0.1) is 0 Å². The van der Waals surface area contributed by atoms with Crippen LogP contribution < -0.4 is 4.74 Å². The molecule has 0 atom stereocenters. The van der Waals surface area contributed by atoms with E-state index in [-0.39, 0.29) is 5.69 Å². The number of nitro benzene ring substituents is 1. The summed E-state index contributed by atoms with van der Waals surface area (Å²) in [4.78, 5) is 14.6. The fourth-order valence-corrected chi connectivity index (χ4v) is 2.50. The predicted molar refractivity (Wildman–Crippen MR) is 105 cm³/mol. The van der Waals surface area contributed by atoms with E-state index >= 15 is 0 Å². The normalized spacial score (nSPS) is 10.8. The van der Waals surface area contributed by atoms with E-state index in [0.29, 0.717) is 12.3 Å². The molecule has 130 valence electrons. The molecule has 0 spiro atoms. The van der Waals surface area contributed by atoms with Crippen molar-refractivity contribution in [2.24, 2.45) is 4.99 Å². The highest BCUT2D eigenvalue weighted by molar-refractivity contribution is 9.10. The molecule has 5 nitrogen and oxygen atoms in total. The summed E-state index contributed by atoms with van der Waals surface area (Å²) in [5.74, 6) is 0.764. The minimum absolute atomic E-state index is 0.0244. The first kappa shape index (κ1) is 17.8. The third kappa shape index (κ3) is 5.00. The number of nitrogens with zero attached hydrogens (tertiary/aromatic N) is 2. The molecule has 0 saturated carbocycles. The molecule has 0 bridgehead atoms. The molecule has 0 aliphatic carbocycles. The lowest BCUT2D eigenvalue weighted by Gasteiger charge is -2.06. The maximum absolute atomic E-state index is 10.8. The molecule has 3 rings (SSSR count). The van der Waals surface area contributed by atoms with Crippen molar-refractivity contribution in [2.75, 3.05) is 0 Å². The maximum atomic E-state index is 10.8. The molecule has 6 heteroatoms. The summed E-state index contributed by atoms with van der Waals surface area (Å²) in [5.41, 5.74) is 2.53. The number of non-ortho nitro benzene ring substituents is 1. The lowest BCUT2D eigenvalue weighted by atomic mass is 10.2. The maximum Gasteiger partial charge on any atom is 0.271 e. The Morgan fingerprint density at radius 3 is 2.46 bits per heavy atom. The van der Waals surface area contributed by atoms with E-state index in [1.54, 1.807) is 18.3 Å². The van der Waals surface area contributed by atoms with Crippen LogP contribution in [-0.4, -0.2) is 11.1 Å². The van der Waals surface area contributed by atoms with Gasteiger partial charge in [0.2, 0.25) is 0 Å². The van der Waals surface area contributed by atoms with Gasteiger partial charge in [0.15, 0.2) is 0 Å². The minimum Gasteiger partial charge on any atom is -0.489 e. The molecule has 0 saturated heterocycles. The summed E-state index contributed by atoms with van der Waals surface area (Å²) in [6, 6.07) is 21.7. The predicted octanol–water partition coefficient (Wildman–Crippen LogP) is 5.69. The molecule has 0 aliphatic rings. The van der Waals surface area contributed by atoms with Crippen molar-refractivity contribution in [2.45, 2.75) is 6.61 Å². The van der Waals surface area contributed by atoms with Gasteiger partial charge < -0.3 is 4.74 Å². The van der Waals surface area contributed by atoms with Crippen LogP contribution in [-0.2, 0) is 6.61 Å². The number of ether oxygens (including phenoxy) is 1. The average molecular weight is 411 g/mol. The highest BCUT2D eigenvalue weighted by atomic mass is 79.9. The van der Waals surface area contributed by atoms with Crippen molar-refractivity contribution >= 4 is 33.5 Å². The third-order valence-electron chi connectivity index (χ3n) is 3.60. The summed E-state index contributed by atoms with van der Waals surface area (Å²) in [5, 5.41) is 10.8. The molecule has 3 aromatic rings. The molecule has 0 aliphatic heterocycles. The average Bonchev–Trinajstić information content (AvgIpc) is 2.67.